The maximum atomic E-state index is 5.91. The summed E-state index contributed by atoms with van der Waals surface area (Å²) in [5.41, 5.74) is 2.51. The lowest BCUT2D eigenvalue weighted by Gasteiger charge is -2.16. The highest BCUT2D eigenvalue weighted by atomic mass is 16.5. The molecule has 0 saturated heterocycles. The van der Waals surface area contributed by atoms with Crippen molar-refractivity contribution >= 4 is 0 Å². The van der Waals surface area contributed by atoms with Gasteiger partial charge in [0.05, 0.1) is 6.04 Å². The van der Waals surface area contributed by atoms with Crippen molar-refractivity contribution in [3.63, 3.8) is 0 Å². The van der Waals surface area contributed by atoms with E-state index in [2.05, 4.69) is 44.3 Å². The van der Waals surface area contributed by atoms with Crippen LogP contribution in [0.4, 0.5) is 0 Å². The average molecular weight is 285 g/mol. The van der Waals surface area contributed by atoms with Crippen molar-refractivity contribution in [1.29, 1.82) is 0 Å². The molecular weight excluding hydrogens is 262 g/mol. The summed E-state index contributed by atoms with van der Waals surface area (Å²) in [7, 11) is 0. The first-order chi connectivity index (χ1) is 9.93. The maximum Gasteiger partial charge on any atom is 0.123 e. The molecule has 2 heterocycles. The minimum atomic E-state index is -0.0760. The summed E-state index contributed by atoms with van der Waals surface area (Å²) in [5.74, 6) is 2.96. The monoisotopic (exact) mass is 285 g/mol. The van der Waals surface area contributed by atoms with Crippen molar-refractivity contribution < 1.29 is 9.15 Å². The molecule has 1 atom stereocenters. The molecule has 21 heavy (non-hydrogen) atoms. The smallest absolute Gasteiger partial charge is 0.123 e. The van der Waals surface area contributed by atoms with Gasteiger partial charge in [-0.25, -0.2) is 0 Å². The molecule has 1 aromatic heterocycles. The minimum absolute atomic E-state index is 0.0760. The third-order valence-electron chi connectivity index (χ3n) is 3.93. The fraction of sp³-hybridized carbons (Fsp3) is 0.444. The van der Waals surface area contributed by atoms with Gasteiger partial charge in [0.2, 0.25) is 0 Å². The Morgan fingerprint density at radius 2 is 2.05 bits per heavy atom. The number of aryl methyl sites for hydroxylation is 1. The third-order valence-corrected chi connectivity index (χ3v) is 3.93. The van der Waals surface area contributed by atoms with E-state index in [9.17, 15) is 0 Å². The number of benzene rings is 1. The Hall–Kier alpha value is -1.74. The highest BCUT2D eigenvalue weighted by Gasteiger charge is 2.29. The molecule has 0 amide bonds. The van der Waals surface area contributed by atoms with Gasteiger partial charge >= 0.3 is 0 Å². The summed E-state index contributed by atoms with van der Waals surface area (Å²) in [6.07, 6.45) is 0.975. The Bertz CT molecular complexity index is 642. The van der Waals surface area contributed by atoms with Crippen molar-refractivity contribution in [3.8, 4) is 5.75 Å². The normalized spacial score (nSPS) is 17.3. The molecule has 1 N–H and O–H groups in total. The summed E-state index contributed by atoms with van der Waals surface area (Å²) in [4.78, 5) is 0. The van der Waals surface area contributed by atoms with Gasteiger partial charge in [-0.3, -0.25) is 0 Å². The third kappa shape index (κ3) is 3.13. The van der Waals surface area contributed by atoms with Gasteiger partial charge in [0, 0.05) is 13.0 Å². The van der Waals surface area contributed by atoms with Crippen LogP contribution in [0, 0.1) is 6.92 Å². The van der Waals surface area contributed by atoms with Gasteiger partial charge in [0.15, 0.2) is 0 Å². The van der Waals surface area contributed by atoms with Crippen molar-refractivity contribution in [2.45, 2.75) is 52.3 Å². The van der Waals surface area contributed by atoms with Crippen LogP contribution in [0.2, 0.25) is 0 Å². The summed E-state index contributed by atoms with van der Waals surface area (Å²) < 4.78 is 11.6. The molecule has 0 saturated carbocycles. The highest BCUT2D eigenvalue weighted by Crippen LogP contribution is 2.35. The van der Waals surface area contributed by atoms with Crippen LogP contribution >= 0.6 is 0 Å². The van der Waals surface area contributed by atoms with Gasteiger partial charge in [-0.2, -0.15) is 0 Å². The van der Waals surface area contributed by atoms with Crippen molar-refractivity contribution in [1.82, 2.24) is 5.32 Å². The molecule has 1 unspecified atom stereocenters. The van der Waals surface area contributed by atoms with Crippen molar-refractivity contribution in [2.24, 2.45) is 0 Å². The second kappa shape index (κ2) is 5.23. The molecule has 1 aliphatic heterocycles. The summed E-state index contributed by atoms with van der Waals surface area (Å²) in [6.45, 7) is 9.18. The lowest BCUT2D eigenvalue weighted by Crippen LogP contribution is -2.24. The number of ether oxygens (including phenoxy) is 1. The van der Waals surface area contributed by atoms with Crippen LogP contribution in [0.25, 0.3) is 0 Å². The van der Waals surface area contributed by atoms with E-state index in [-0.39, 0.29) is 11.6 Å². The van der Waals surface area contributed by atoms with Crippen LogP contribution in [0.1, 0.15) is 49.5 Å². The molecule has 0 fully saturated rings. The molecule has 0 spiro atoms. The lowest BCUT2D eigenvalue weighted by atomic mass is 10.00. The Balaban J connectivity index is 1.64. The van der Waals surface area contributed by atoms with E-state index in [4.69, 9.17) is 9.15 Å². The summed E-state index contributed by atoms with van der Waals surface area (Å²) >= 11 is 0. The lowest BCUT2D eigenvalue weighted by molar-refractivity contribution is 0.138. The van der Waals surface area contributed by atoms with Gasteiger partial charge in [-0.05, 0) is 57.0 Å². The van der Waals surface area contributed by atoms with Gasteiger partial charge in [0.1, 0.15) is 22.9 Å². The van der Waals surface area contributed by atoms with Gasteiger partial charge in [-0.15, -0.1) is 0 Å². The quantitative estimate of drug-likeness (QED) is 0.916. The molecule has 2 aromatic rings. The first-order valence-corrected chi connectivity index (χ1v) is 7.53. The summed E-state index contributed by atoms with van der Waals surface area (Å²) in [5, 5.41) is 3.51. The Morgan fingerprint density at radius 1 is 1.24 bits per heavy atom. The van der Waals surface area contributed by atoms with E-state index in [1.807, 2.05) is 19.1 Å². The van der Waals surface area contributed by atoms with Crippen LogP contribution in [-0.2, 0) is 13.0 Å². The minimum Gasteiger partial charge on any atom is -0.487 e. The molecule has 112 valence electrons. The second-order valence-corrected chi connectivity index (χ2v) is 6.53. The Kier molecular flexibility index (Phi) is 3.54. The largest absolute Gasteiger partial charge is 0.487 e. The first kappa shape index (κ1) is 14.2. The van der Waals surface area contributed by atoms with Crippen LogP contribution < -0.4 is 10.1 Å². The maximum absolute atomic E-state index is 5.91. The number of nitrogens with one attached hydrogen (secondary N) is 1. The zero-order valence-corrected chi connectivity index (χ0v) is 13.2. The Morgan fingerprint density at radius 3 is 2.76 bits per heavy atom. The second-order valence-electron chi connectivity index (χ2n) is 6.53. The van der Waals surface area contributed by atoms with E-state index in [0.29, 0.717) is 0 Å². The van der Waals surface area contributed by atoms with E-state index in [0.717, 1.165) is 30.2 Å². The summed E-state index contributed by atoms with van der Waals surface area (Å²) in [6, 6.07) is 10.7. The molecule has 3 nitrogen and oxygen atoms in total. The Labute approximate surface area is 126 Å². The van der Waals surface area contributed by atoms with Gasteiger partial charge < -0.3 is 14.5 Å². The van der Waals surface area contributed by atoms with Crippen molar-refractivity contribution in [2.75, 3.05) is 0 Å². The van der Waals surface area contributed by atoms with Crippen molar-refractivity contribution in [3.05, 3.63) is 53.0 Å². The number of hydrogen-bond acceptors (Lipinski definition) is 3. The molecule has 3 heteroatoms. The number of furan rings is 1. The fourth-order valence-corrected chi connectivity index (χ4v) is 2.83. The van der Waals surface area contributed by atoms with Gasteiger partial charge in [0.25, 0.3) is 0 Å². The number of hydrogen-bond donors (Lipinski definition) is 1. The zero-order valence-electron chi connectivity index (χ0n) is 13.2. The van der Waals surface area contributed by atoms with Crippen LogP contribution in [0.5, 0.6) is 5.75 Å². The van der Waals surface area contributed by atoms with E-state index in [1.165, 1.54) is 11.1 Å². The van der Waals surface area contributed by atoms with Gasteiger partial charge in [-0.1, -0.05) is 12.1 Å². The van der Waals surface area contributed by atoms with Crippen LogP contribution in [-0.4, -0.2) is 5.60 Å². The first-order valence-electron chi connectivity index (χ1n) is 7.53. The highest BCUT2D eigenvalue weighted by molar-refractivity contribution is 5.41. The van der Waals surface area contributed by atoms with Crippen LogP contribution in [0.15, 0.2) is 34.7 Å². The fourth-order valence-electron chi connectivity index (χ4n) is 2.83. The SMILES string of the molecule is Cc1ccc(C(C)NCc2ccc3c(c2)CC(C)(C)O3)o1. The van der Waals surface area contributed by atoms with E-state index < -0.39 is 0 Å². The zero-order chi connectivity index (χ0) is 15.0. The number of fused-ring (bicyclic) bond motifs is 1. The molecule has 0 aliphatic carbocycles. The predicted octanol–water partition coefficient (Wildman–Crippen LogP) is 4.15. The molecule has 0 bridgehead atoms. The molecular formula is C18H23NO2. The topological polar surface area (TPSA) is 34.4 Å². The van der Waals surface area contributed by atoms with Crippen LogP contribution in [0.3, 0.4) is 0 Å². The molecule has 0 radical (unpaired) electrons. The average Bonchev–Trinajstić information content (AvgIpc) is 2.97. The van der Waals surface area contributed by atoms with E-state index >= 15 is 0 Å². The predicted molar refractivity (Wildman–Crippen MR) is 83.6 cm³/mol. The number of rotatable bonds is 4. The van der Waals surface area contributed by atoms with E-state index in [1.54, 1.807) is 0 Å². The molecule has 1 aliphatic rings. The molecule has 3 rings (SSSR count). The molecule has 1 aromatic carbocycles. The standard InChI is InChI=1S/C18H23NO2/c1-12-5-7-16(20-12)13(2)19-11-14-6-8-17-15(9-14)10-18(3,4)21-17/h5-9,13,19H,10-11H2,1-4H3.